The van der Waals surface area contributed by atoms with E-state index in [-0.39, 0.29) is 70.8 Å². The van der Waals surface area contributed by atoms with Gasteiger partial charge in [0.05, 0.1) is 49.7 Å². The van der Waals surface area contributed by atoms with Gasteiger partial charge in [0.1, 0.15) is 27.1 Å². The second-order valence-corrected chi connectivity index (χ2v) is 17.2. The monoisotopic (exact) mass is 936 g/mol. The van der Waals surface area contributed by atoms with Crippen LogP contribution in [0.4, 0.5) is 47.6 Å². The number of hydrogen-bond donors (Lipinski definition) is 1. The van der Waals surface area contributed by atoms with Crippen molar-refractivity contribution in [1.82, 2.24) is 39.7 Å². The molecule has 2 aliphatic rings. The Morgan fingerprint density at radius 2 is 1.13 bits per heavy atom. The molecule has 0 spiro atoms. The van der Waals surface area contributed by atoms with Crippen LogP contribution in [-0.4, -0.2) is 127 Å². The number of rotatable bonds is 4. The Balaban J connectivity index is 0.000000234. The van der Waals surface area contributed by atoms with Gasteiger partial charge in [-0.15, -0.1) is 0 Å². The van der Waals surface area contributed by atoms with Crippen molar-refractivity contribution in [2.24, 2.45) is 0 Å². The fraction of sp³-hybridized carbons (Fsp3) is 0.474. The summed E-state index contributed by atoms with van der Waals surface area (Å²) < 4.78 is 97.3. The van der Waals surface area contributed by atoms with E-state index in [0.717, 1.165) is 27.1 Å². The van der Waals surface area contributed by atoms with Crippen LogP contribution in [0.2, 0.25) is 15.2 Å². The van der Waals surface area contributed by atoms with Gasteiger partial charge >= 0.3 is 12.2 Å². The molecule has 0 aromatic carbocycles. The van der Waals surface area contributed by atoms with Crippen molar-refractivity contribution in [2.75, 3.05) is 62.2 Å². The number of carbonyl (C=O) groups is 2. The highest BCUT2D eigenvalue weighted by molar-refractivity contribution is 6.42. The number of aromatic amines is 1. The van der Waals surface area contributed by atoms with Crippen molar-refractivity contribution in [2.45, 2.75) is 64.6 Å². The SMILES string of the molecule is CC(C)(C)OC(=O)N1CCN(c2nc(-c3ccncc3F)[nH]c(=O)c2Cl)CC(F)(F)C1.CC(C)(C)OC(=O)N1CCN(c2nc(-c3ccncc3F)nc(Cl)c2Cl)CC(F)(F)C1. The Kier molecular flexibility index (Phi) is 14.4. The minimum atomic E-state index is -3.34. The second kappa shape index (κ2) is 18.7. The highest BCUT2D eigenvalue weighted by atomic mass is 35.5. The van der Waals surface area contributed by atoms with Gasteiger partial charge < -0.3 is 34.1 Å². The predicted octanol–water partition coefficient (Wildman–Crippen LogP) is 7.99. The van der Waals surface area contributed by atoms with Crippen LogP contribution < -0.4 is 15.4 Å². The molecular formula is C38H41Cl3F6N10O5. The molecule has 15 nitrogen and oxygen atoms in total. The number of nitrogens with zero attached hydrogens (tertiary/aromatic N) is 9. The van der Waals surface area contributed by atoms with E-state index in [4.69, 9.17) is 44.3 Å². The number of halogens is 9. The lowest BCUT2D eigenvalue weighted by molar-refractivity contribution is -0.0285. The van der Waals surface area contributed by atoms with Crippen LogP contribution in [0.25, 0.3) is 22.8 Å². The summed E-state index contributed by atoms with van der Waals surface area (Å²) in [6.45, 7) is 6.20. The summed E-state index contributed by atoms with van der Waals surface area (Å²) in [5.41, 5.74) is -2.56. The first kappa shape index (κ1) is 47.9. The molecule has 0 bridgehead atoms. The van der Waals surface area contributed by atoms with Crippen LogP contribution in [0.1, 0.15) is 41.5 Å². The van der Waals surface area contributed by atoms with Gasteiger partial charge in [0.25, 0.3) is 17.4 Å². The summed E-state index contributed by atoms with van der Waals surface area (Å²) in [7, 11) is 0. The summed E-state index contributed by atoms with van der Waals surface area (Å²) in [6.07, 6.45) is 2.81. The van der Waals surface area contributed by atoms with E-state index in [1.807, 2.05) is 0 Å². The fourth-order valence-corrected chi connectivity index (χ4v) is 6.57. The third-order valence-electron chi connectivity index (χ3n) is 8.55. The number of hydrogen-bond acceptors (Lipinski definition) is 12. The Morgan fingerprint density at radius 1 is 0.677 bits per heavy atom. The molecular weight excluding hydrogens is 897 g/mol. The second-order valence-electron chi connectivity index (χ2n) is 16.1. The topological polar surface area (TPSA) is 163 Å². The van der Waals surface area contributed by atoms with Gasteiger partial charge in [-0.25, -0.2) is 50.9 Å². The van der Waals surface area contributed by atoms with Crippen molar-refractivity contribution in [1.29, 1.82) is 0 Å². The molecule has 2 saturated heterocycles. The number of H-pyrrole nitrogens is 1. The van der Waals surface area contributed by atoms with Gasteiger partial charge in [0.15, 0.2) is 34.2 Å². The molecule has 0 atom stereocenters. The van der Waals surface area contributed by atoms with E-state index in [1.54, 1.807) is 41.5 Å². The highest BCUT2D eigenvalue weighted by Gasteiger charge is 2.42. The Morgan fingerprint density at radius 3 is 1.58 bits per heavy atom. The van der Waals surface area contributed by atoms with E-state index >= 15 is 0 Å². The molecule has 0 unspecified atom stereocenters. The Bertz CT molecular complexity index is 2350. The average molecular weight is 938 g/mol. The van der Waals surface area contributed by atoms with Gasteiger partial charge in [-0.05, 0) is 53.7 Å². The van der Waals surface area contributed by atoms with Crippen LogP contribution in [0, 0.1) is 11.6 Å². The van der Waals surface area contributed by atoms with Crippen LogP contribution in [-0.2, 0) is 9.47 Å². The van der Waals surface area contributed by atoms with Crippen molar-refractivity contribution in [3.63, 3.8) is 0 Å². The normalized spacial score (nSPS) is 16.8. The molecule has 6 rings (SSSR count). The minimum absolute atomic E-state index is 0.00761. The zero-order valence-electron chi connectivity index (χ0n) is 34.1. The maximum absolute atomic E-state index is 14.7. The third kappa shape index (κ3) is 12.5. The summed E-state index contributed by atoms with van der Waals surface area (Å²) in [5.74, 6) is -8.72. The summed E-state index contributed by atoms with van der Waals surface area (Å²) in [6, 6.07) is 2.62. The first-order valence-electron chi connectivity index (χ1n) is 18.7. The highest BCUT2D eigenvalue weighted by Crippen LogP contribution is 2.36. The van der Waals surface area contributed by atoms with E-state index in [0.29, 0.717) is 0 Å². The number of pyridine rings is 2. The molecule has 2 amide bonds. The first-order chi connectivity index (χ1) is 28.7. The molecule has 4 aromatic heterocycles. The molecule has 0 saturated carbocycles. The average Bonchev–Trinajstić information content (AvgIpc) is 3.43. The number of aromatic nitrogens is 6. The van der Waals surface area contributed by atoms with Crippen molar-refractivity contribution in [3.8, 4) is 22.8 Å². The van der Waals surface area contributed by atoms with Gasteiger partial charge in [-0.2, -0.15) is 0 Å². The Labute approximate surface area is 366 Å². The molecule has 6 heterocycles. The van der Waals surface area contributed by atoms with Gasteiger partial charge in [0.2, 0.25) is 0 Å². The zero-order valence-corrected chi connectivity index (χ0v) is 36.4. The van der Waals surface area contributed by atoms with Crippen molar-refractivity contribution < 1.29 is 45.4 Å². The number of ether oxygens (including phenoxy) is 2. The maximum atomic E-state index is 14.7. The molecule has 24 heteroatoms. The number of amides is 2. The Hall–Kier alpha value is -5.15. The molecule has 1 N–H and O–H groups in total. The zero-order chi connectivity index (χ0) is 45.9. The van der Waals surface area contributed by atoms with Crippen molar-refractivity contribution in [3.05, 3.63) is 74.1 Å². The van der Waals surface area contributed by atoms with Crippen LogP contribution in [0.15, 0.2) is 41.7 Å². The predicted molar refractivity (Wildman–Crippen MR) is 218 cm³/mol. The summed E-state index contributed by atoms with van der Waals surface area (Å²) >= 11 is 18.3. The third-order valence-corrected chi connectivity index (χ3v) is 9.61. The molecule has 62 heavy (non-hydrogen) atoms. The minimum Gasteiger partial charge on any atom is -0.444 e. The first-order valence-corrected chi connectivity index (χ1v) is 19.8. The number of anilines is 2. The molecule has 4 aromatic rings. The van der Waals surface area contributed by atoms with E-state index < -0.39 is 83.6 Å². The number of alkyl halides is 4. The van der Waals surface area contributed by atoms with Gasteiger partial charge in [-0.3, -0.25) is 14.8 Å². The molecule has 0 radical (unpaired) electrons. The van der Waals surface area contributed by atoms with Crippen LogP contribution in [0.3, 0.4) is 0 Å². The van der Waals surface area contributed by atoms with Crippen molar-refractivity contribution >= 4 is 58.6 Å². The van der Waals surface area contributed by atoms with Crippen LogP contribution >= 0.6 is 34.8 Å². The lowest BCUT2D eigenvalue weighted by Gasteiger charge is -2.27. The number of nitrogens with one attached hydrogen (secondary N) is 1. The quantitative estimate of drug-likeness (QED) is 0.155. The molecule has 336 valence electrons. The fourth-order valence-electron chi connectivity index (χ4n) is 5.99. The van der Waals surface area contributed by atoms with Gasteiger partial charge in [-0.1, -0.05) is 34.8 Å². The lowest BCUT2D eigenvalue weighted by Crippen LogP contribution is -2.44. The number of carbonyl (C=O) groups excluding carboxylic acids is 2. The van der Waals surface area contributed by atoms with E-state index in [9.17, 15) is 40.7 Å². The summed E-state index contributed by atoms with van der Waals surface area (Å²) in [4.78, 5) is 63.0. The standard InChI is InChI=1S/C19H20Cl2F3N5O2.C19H21ClF3N5O3/c1-18(2,3)31-17(30)29-7-6-28(9-19(23,24)10-29)16-13(20)14(21)26-15(27-16)11-4-5-25-8-12(11)22;1-18(2,3)31-17(30)28-7-6-27(9-19(22,23)10-28)15-13(20)16(29)26-14(25-15)11-4-5-24-8-12(11)21/h4-5,8H,6-7,9-10H2,1-3H3;4-5,8H,6-7,9-10H2,1-3H3,(H,25,26,29). The van der Waals surface area contributed by atoms with Crippen LogP contribution in [0.5, 0.6) is 0 Å². The lowest BCUT2D eigenvalue weighted by atomic mass is 10.2. The largest absolute Gasteiger partial charge is 0.444 e. The smallest absolute Gasteiger partial charge is 0.410 e. The molecule has 2 fully saturated rings. The summed E-state index contributed by atoms with van der Waals surface area (Å²) in [5, 5.41) is -0.782. The van der Waals surface area contributed by atoms with E-state index in [1.165, 1.54) is 29.4 Å². The molecule has 2 aliphatic heterocycles. The molecule has 0 aliphatic carbocycles. The van der Waals surface area contributed by atoms with Gasteiger partial charge in [0, 0.05) is 38.6 Å². The van der Waals surface area contributed by atoms with E-state index in [2.05, 4.69) is 29.9 Å². The maximum Gasteiger partial charge on any atom is 0.410 e.